The normalized spacial score (nSPS) is 10.8. The van der Waals surface area contributed by atoms with Crippen molar-refractivity contribution in [2.24, 2.45) is 0 Å². The molecule has 4 heteroatoms. The minimum absolute atomic E-state index is 0.683. The summed E-state index contributed by atoms with van der Waals surface area (Å²) in [6.07, 6.45) is 6.52. The maximum atomic E-state index is 10.5. The quantitative estimate of drug-likeness (QED) is 0.521. The number of aliphatic carboxylic acids is 1. The van der Waals surface area contributed by atoms with E-state index in [-0.39, 0.29) is 0 Å². The molecule has 0 aliphatic heterocycles. The number of carbonyl (C=O) groups is 1. The number of carboxylic acid groups (broad SMARTS) is 1. The van der Waals surface area contributed by atoms with E-state index in [1.807, 2.05) is 36.0 Å². The fourth-order valence-corrected chi connectivity index (χ4v) is 2.46. The van der Waals surface area contributed by atoms with Crippen molar-refractivity contribution >= 4 is 23.8 Å². The molecule has 0 atom stereocenters. The van der Waals surface area contributed by atoms with Crippen molar-refractivity contribution in [2.75, 3.05) is 18.1 Å². The van der Waals surface area contributed by atoms with Crippen molar-refractivity contribution < 1.29 is 14.6 Å². The summed E-state index contributed by atoms with van der Waals surface area (Å²) in [6.45, 7) is 2.89. The van der Waals surface area contributed by atoms with E-state index in [1.54, 1.807) is 6.08 Å². The predicted octanol–water partition coefficient (Wildman–Crippen LogP) is 4.09. The Morgan fingerprint density at radius 1 is 1.35 bits per heavy atom. The van der Waals surface area contributed by atoms with Gasteiger partial charge in [0, 0.05) is 11.8 Å². The molecular weight excluding hydrogens is 272 g/mol. The molecule has 0 radical (unpaired) electrons. The zero-order valence-corrected chi connectivity index (χ0v) is 12.7. The molecule has 0 amide bonds. The molecule has 1 aromatic rings. The van der Waals surface area contributed by atoms with Gasteiger partial charge in [-0.15, -0.1) is 0 Å². The van der Waals surface area contributed by atoms with Gasteiger partial charge in [-0.3, -0.25) is 0 Å². The summed E-state index contributed by atoms with van der Waals surface area (Å²) in [5, 5.41) is 8.59. The minimum Gasteiger partial charge on any atom is -0.493 e. The molecule has 1 rings (SSSR count). The second-order valence-electron chi connectivity index (χ2n) is 4.41. The SMILES string of the molecule is CCCCCSCCOc1cccc(/C=C/C(=O)O)c1. The first kappa shape index (κ1) is 16.6. The van der Waals surface area contributed by atoms with Gasteiger partial charge >= 0.3 is 5.97 Å². The summed E-state index contributed by atoms with van der Waals surface area (Å²) < 4.78 is 5.66. The molecular formula is C16H22O3S. The predicted molar refractivity (Wildman–Crippen MR) is 85.5 cm³/mol. The average molecular weight is 294 g/mol. The lowest BCUT2D eigenvalue weighted by molar-refractivity contribution is -0.131. The topological polar surface area (TPSA) is 46.5 Å². The Morgan fingerprint density at radius 3 is 2.95 bits per heavy atom. The maximum Gasteiger partial charge on any atom is 0.328 e. The van der Waals surface area contributed by atoms with Crippen LogP contribution in [0.5, 0.6) is 5.75 Å². The number of ether oxygens (including phenoxy) is 1. The molecule has 0 aliphatic carbocycles. The Balaban J connectivity index is 2.26. The van der Waals surface area contributed by atoms with Crippen LogP contribution in [0.2, 0.25) is 0 Å². The second kappa shape index (κ2) is 10.4. The van der Waals surface area contributed by atoms with Crippen LogP contribution in [0.3, 0.4) is 0 Å². The molecule has 0 bridgehead atoms. The van der Waals surface area contributed by atoms with Gasteiger partial charge in [-0.1, -0.05) is 31.9 Å². The molecule has 0 spiro atoms. The Hall–Kier alpha value is -1.42. The first-order valence-electron chi connectivity index (χ1n) is 6.94. The second-order valence-corrected chi connectivity index (χ2v) is 5.64. The molecule has 0 aliphatic rings. The summed E-state index contributed by atoms with van der Waals surface area (Å²) in [5.41, 5.74) is 0.834. The molecule has 110 valence electrons. The third-order valence-electron chi connectivity index (χ3n) is 2.67. The molecule has 0 fully saturated rings. The summed E-state index contributed by atoms with van der Waals surface area (Å²) in [5.74, 6) is 2.02. The zero-order valence-electron chi connectivity index (χ0n) is 11.9. The number of benzene rings is 1. The van der Waals surface area contributed by atoms with Crippen molar-refractivity contribution in [3.63, 3.8) is 0 Å². The molecule has 3 nitrogen and oxygen atoms in total. The van der Waals surface area contributed by atoms with Crippen LogP contribution in [0.15, 0.2) is 30.3 Å². The zero-order chi connectivity index (χ0) is 14.6. The molecule has 0 aromatic heterocycles. The molecule has 0 unspecified atom stereocenters. The van der Waals surface area contributed by atoms with Gasteiger partial charge in [0.05, 0.1) is 6.61 Å². The first-order valence-corrected chi connectivity index (χ1v) is 8.09. The van der Waals surface area contributed by atoms with Crippen molar-refractivity contribution in [1.29, 1.82) is 0 Å². The fraction of sp³-hybridized carbons (Fsp3) is 0.438. The standard InChI is InChI=1S/C16H22O3S/c1-2-3-4-11-20-12-10-19-15-7-5-6-14(13-15)8-9-16(17)18/h5-9,13H,2-4,10-12H2,1H3,(H,17,18)/b9-8+. The molecule has 0 saturated heterocycles. The van der Waals surface area contributed by atoms with E-state index in [0.29, 0.717) is 6.61 Å². The number of thioether (sulfide) groups is 1. The summed E-state index contributed by atoms with van der Waals surface area (Å²) in [6, 6.07) is 7.46. The maximum absolute atomic E-state index is 10.5. The lowest BCUT2D eigenvalue weighted by atomic mass is 10.2. The molecule has 20 heavy (non-hydrogen) atoms. The van der Waals surface area contributed by atoms with Crippen molar-refractivity contribution in [3.8, 4) is 5.75 Å². The highest BCUT2D eigenvalue weighted by Gasteiger charge is 1.96. The van der Waals surface area contributed by atoms with Gasteiger partial charge in [0.2, 0.25) is 0 Å². The number of hydrogen-bond donors (Lipinski definition) is 1. The highest BCUT2D eigenvalue weighted by molar-refractivity contribution is 7.99. The van der Waals surface area contributed by atoms with E-state index in [1.165, 1.54) is 25.0 Å². The van der Waals surface area contributed by atoms with Crippen LogP contribution in [0, 0.1) is 0 Å². The van der Waals surface area contributed by atoms with Gasteiger partial charge in [-0.25, -0.2) is 4.79 Å². The summed E-state index contributed by atoms with van der Waals surface area (Å²) in [4.78, 5) is 10.5. The van der Waals surface area contributed by atoms with Crippen LogP contribution in [0.4, 0.5) is 0 Å². The lowest BCUT2D eigenvalue weighted by Crippen LogP contribution is -2.00. The van der Waals surface area contributed by atoms with Gasteiger partial charge in [-0.2, -0.15) is 11.8 Å². The molecule has 1 N–H and O–H groups in total. The minimum atomic E-state index is -0.945. The van der Waals surface area contributed by atoms with Crippen LogP contribution >= 0.6 is 11.8 Å². The van der Waals surface area contributed by atoms with Crippen molar-refractivity contribution in [1.82, 2.24) is 0 Å². The van der Waals surface area contributed by atoms with Gasteiger partial charge in [-0.05, 0) is 35.9 Å². The van der Waals surface area contributed by atoms with Gasteiger partial charge < -0.3 is 9.84 Å². The van der Waals surface area contributed by atoms with E-state index < -0.39 is 5.97 Å². The Kier molecular flexibility index (Phi) is 8.63. The van der Waals surface area contributed by atoms with Crippen LogP contribution < -0.4 is 4.74 Å². The molecule has 0 heterocycles. The third-order valence-corrected chi connectivity index (χ3v) is 3.70. The number of carboxylic acids is 1. The van der Waals surface area contributed by atoms with E-state index in [9.17, 15) is 4.79 Å². The smallest absolute Gasteiger partial charge is 0.328 e. The monoisotopic (exact) mass is 294 g/mol. The lowest BCUT2D eigenvalue weighted by Gasteiger charge is -2.06. The highest BCUT2D eigenvalue weighted by atomic mass is 32.2. The van der Waals surface area contributed by atoms with E-state index in [4.69, 9.17) is 9.84 Å². The van der Waals surface area contributed by atoms with Crippen molar-refractivity contribution in [3.05, 3.63) is 35.9 Å². The third kappa shape index (κ3) is 7.89. The Morgan fingerprint density at radius 2 is 2.20 bits per heavy atom. The number of rotatable bonds is 10. The van der Waals surface area contributed by atoms with Gasteiger partial charge in [0.15, 0.2) is 0 Å². The number of hydrogen-bond acceptors (Lipinski definition) is 3. The van der Waals surface area contributed by atoms with Crippen molar-refractivity contribution in [2.45, 2.75) is 26.2 Å². The molecule has 1 aromatic carbocycles. The van der Waals surface area contributed by atoms with Crippen LogP contribution in [-0.2, 0) is 4.79 Å². The van der Waals surface area contributed by atoms with E-state index >= 15 is 0 Å². The van der Waals surface area contributed by atoms with Gasteiger partial charge in [0.25, 0.3) is 0 Å². The first-order chi connectivity index (χ1) is 9.72. The Labute approximate surface area is 125 Å². The van der Waals surface area contributed by atoms with Crippen LogP contribution in [0.25, 0.3) is 6.08 Å². The average Bonchev–Trinajstić information content (AvgIpc) is 2.45. The fourth-order valence-electron chi connectivity index (χ4n) is 1.65. The van der Waals surface area contributed by atoms with Crippen LogP contribution in [0.1, 0.15) is 31.7 Å². The largest absolute Gasteiger partial charge is 0.493 e. The number of unbranched alkanes of at least 4 members (excludes halogenated alkanes) is 2. The summed E-state index contributed by atoms with van der Waals surface area (Å²) in [7, 11) is 0. The van der Waals surface area contributed by atoms with Gasteiger partial charge in [0.1, 0.15) is 5.75 Å². The highest BCUT2D eigenvalue weighted by Crippen LogP contribution is 2.15. The van der Waals surface area contributed by atoms with Crippen LogP contribution in [-0.4, -0.2) is 29.2 Å². The van der Waals surface area contributed by atoms with E-state index in [2.05, 4.69) is 6.92 Å². The van der Waals surface area contributed by atoms with E-state index in [0.717, 1.165) is 23.1 Å². The molecule has 0 saturated carbocycles. The summed E-state index contributed by atoms with van der Waals surface area (Å²) >= 11 is 1.91. The Bertz CT molecular complexity index is 429.